The maximum absolute atomic E-state index is 13.0. The molecule has 0 spiro atoms. The molecule has 0 radical (unpaired) electrons. The van der Waals surface area contributed by atoms with Crippen molar-refractivity contribution in [3.8, 4) is 11.5 Å². The molecule has 4 heteroatoms. The topological polar surface area (TPSA) is 35.2 Å². The average Bonchev–Trinajstić information content (AvgIpc) is 2.42. The Kier molecular flexibility index (Phi) is 4.56. The van der Waals surface area contributed by atoms with Gasteiger partial charge in [0, 0.05) is 6.04 Å². The molecule has 0 fully saturated rings. The van der Waals surface area contributed by atoms with Crippen LogP contribution in [0.15, 0.2) is 46.9 Å². The standard InChI is InChI=1S/C15H15BrFNO/c1-2-14(18)10-3-6-12(7-4-10)19-15-8-5-11(17)9-13(15)16/h3-9,14H,2,18H2,1H3. The van der Waals surface area contributed by atoms with E-state index in [0.717, 1.165) is 12.0 Å². The number of nitrogens with two attached hydrogens (primary N) is 1. The molecule has 2 aromatic carbocycles. The zero-order valence-electron chi connectivity index (χ0n) is 10.6. The Balaban J connectivity index is 2.15. The van der Waals surface area contributed by atoms with Gasteiger partial charge in [-0.2, -0.15) is 0 Å². The summed E-state index contributed by atoms with van der Waals surface area (Å²) in [6.45, 7) is 2.05. The predicted octanol–water partition coefficient (Wildman–Crippen LogP) is 4.79. The molecule has 2 rings (SSSR count). The number of ether oxygens (including phenoxy) is 1. The lowest BCUT2D eigenvalue weighted by Crippen LogP contribution is -2.08. The first-order valence-corrected chi connectivity index (χ1v) is 6.88. The highest BCUT2D eigenvalue weighted by Gasteiger charge is 2.06. The maximum atomic E-state index is 13.0. The van der Waals surface area contributed by atoms with Gasteiger partial charge in [-0.15, -0.1) is 0 Å². The van der Waals surface area contributed by atoms with E-state index in [1.54, 1.807) is 6.07 Å². The van der Waals surface area contributed by atoms with Crippen molar-refractivity contribution in [3.05, 3.63) is 58.3 Å². The quantitative estimate of drug-likeness (QED) is 0.877. The minimum Gasteiger partial charge on any atom is -0.456 e. The lowest BCUT2D eigenvalue weighted by Gasteiger charge is -2.11. The number of benzene rings is 2. The third-order valence-electron chi connectivity index (χ3n) is 2.87. The van der Waals surface area contributed by atoms with Crippen LogP contribution in [0.5, 0.6) is 11.5 Å². The zero-order chi connectivity index (χ0) is 13.8. The highest BCUT2D eigenvalue weighted by atomic mass is 79.9. The van der Waals surface area contributed by atoms with Crippen LogP contribution in [0.4, 0.5) is 4.39 Å². The first kappa shape index (κ1) is 14.0. The van der Waals surface area contributed by atoms with Crippen LogP contribution in [0, 0.1) is 5.82 Å². The molecule has 0 aromatic heterocycles. The van der Waals surface area contributed by atoms with Gasteiger partial charge in [0.2, 0.25) is 0 Å². The number of hydrogen-bond donors (Lipinski definition) is 1. The van der Waals surface area contributed by atoms with E-state index in [1.807, 2.05) is 31.2 Å². The van der Waals surface area contributed by atoms with Crippen LogP contribution in [0.2, 0.25) is 0 Å². The van der Waals surface area contributed by atoms with Gasteiger partial charge in [0.05, 0.1) is 4.47 Å². The minimum atomic E-state index is -0.302. The van der Waals surface area contributed by atoms with Crippen LogP contribution in [0.3, 0.4) is 0 Å². The Morgan fingerprint density at radius 1 is 1.21 bits per heavy atom. The van der Waals surface area contributed by atoms with Crippen molar-refractivity contribution >= 4 is 15.9 Å². The highest BCUT2D eigenvalue weighted by Crippen LogP contribution is 2.30. The summed E-state index contributed by atoms with van der Waals surface area (Å²) < 4.78 is 19.2. The van der Waals surface area contributed by atoms with Crippen LogP contribution < -0.4 is 10.5 Å². The first-order chi connectivity index (χ1) is 9.10. The molecule has 0 aliphatic carbocycles. The lowest BCUT2D eigenvalue weighted by atomic mass is 10.1. The largest absolute Gasteiger partial charge is 0.456 e. The highest BCUT2D eigenvalue weighted by molar-refractivity contribution is 9.10. The van der Waals surface area contributed by atoms with E-state index >= 15 is 0 Å². The third kappa shape index (κ3) is 3.55. The van der Waals surface area contributed by atoms with Gasteiger partial charge in [-0.25, -0.2) is 4.39 Å². The second-order valence-electron chi connectivity index (χ2n) is 4.26. The van der Waals surface area contributed by atoms with Crippen LogP contribution >= 0.6 is 15.9 Å². The van der Waals surface area contributed by atoms with Crippen molar-refractivity contribution in [2.45, 2.75) is 19.4 Å². The molecule has 19 heavy (non-hydrogen) atoms. The van der Waals surface area contributed by atoms with Crippen LogP contribution in [-0.2, 0) is 0 Å². The van der Waals surface area contributed by atoms with E-state index in [4.69, 9.17) is 10.5 Å². The summed E-state index contributed by atoms with van der Waals surface area (Å²) in [5, 5.41) is 0. The monoisotopic (exact) mass is 323 g/mol. The third-order valence-corrected chi connectivity index (χ3v) is 3.49. The van der Waals surface area contributed by atoms with E-state index in [-0.39, 0.29) is 11.9 Å². The molecule has 0 saturated heterocycles. The molecule has 2 aromatic rings. The minimum absolute atomic E-state index is 0.0478. The number of rotatable bonds is 4. The van der Waals surface area contributed by atoms with E-state index in [0.29, 0.717) is 16.0 Å². The fourth-order valence-electron chi connectivity index (χ4n) is 1.70. The van der Waals surface area contributed by atoms with Crippen LogP contribution in [0.25, 0.3) is 0 Å². The summed E-state index contributed by atoms with van der Waals surface area (Å²) in [6, 6.07) is 12.0. The van der Waals surface area contributed by atoms with Crippen molar-refractivity contribution in [2.75, 3.05) is 0 Å². The Morgan fingerprint density at radius 3 is 2.47 bits per heavy atom. The average molecular weight is 324 g/mol. The van der Waals surface area contributed by atoms with Crippen molar-refractivity contribution in [1.29, 1.82) is 0 Å². The molecule has 0 saturated carbocycles. The summed E-state index contributed by atoms with van der Waals surface area (Å²) in [5.74, 6) is 0.969. The van der Waals surface area contributed by atoms with E-state index in [2.05, 4.69) is 15.9 Å². The van der Waals surface area contributed by atoms with Crippen LogP contribution in [0.1, 0.15) is 24.9 Å². The second-order valence-corrected chi connectivity index (χ2v) is 5.11. The van der Waals surface area contributed by atoms with Crippen molar-refractivity contribution in [1.82, 2.24) is 0 Å². The normalized spacial score (nSPS) is 12.2. The summed E-state index contributed by atoms with van der Waals surface area (Å²) >= 11 is 3.27. The van der Waals surface area contributed by atoms with E-state index < -0.39 is 0 Å². The Hall–Kier alpha value is -1.39. The molecule has 2 nitrogen and oxygen atoms in total. The van der Waals surface area contributed by atoms with Crippen molar-refractivity contribution in [2.24, 2.45) is 5.73 Å². The molecule has 0 bridgehead atoms. The van der Waals surface area contributed by atoms with Crippen molar-refractivity contribution < 1.29 is 9.13 Å². The van der Waals surface area contributed by atoms with Gasteiger partial charge in [0.15, 0.2) is 0 Å². The SMILES string of the molecule is CCC(N)c1ccc(Oc2ccc(F)cc2Br)cc1. The lowest BCUT2D eigenvalue weighted by molar-refractivity contribution is 0.477. The van der Waals surface area contributed by atoms with Gasteiger partial charge in [0.25, 0.3) is 0 Å². The maximum Gasteiger partial charge on any atom is 0.141 e. The molecular formula is C15H15BrFNO. The molecule has 100 valence electrons. The summed E-state index contributed by atoms with van der Waals surface area (Å²) in [7, 11) is 0. The van der Waals surface area contributed by atoms with Gasteiger partial charge in [-0.05, 0) is 58.2 Å². The predicted molar refractivity (Wildman–Crippen MR) is 77.8 cm³/mol. The molecule has 1 atom stereocenters. The molecular weight excluding hydrogens is 309 g/mol. The summed E-state index contributed by atoms with van der Waals surface area (Å²) in [6.07, 6.45) is 0.893. The van der Waals surface area contributed by atoms with Gasteiger partial charge in [0.1, 0.15) is 17.3 Å². The van der Waals surface area contributed by atoms with Gasteiger partial charge in [-0.1, -0.05) is 19.1 Å². The molecule has 0 amide bonds. The van der Waals surface area contributed by atoms with Gasteiger partial charge < -0.3 is 10.5 Å². The fraction of sp³-hybridized carbons (Fsp3) is 0.200. The summed E-state index contributed by atoms with van der Waals surface area (Å²) in [5.41, 5.74) is 7.02. The zero-order valence-corrected chi connectivity index (χ0v) is 12.2. The second kappa shape index (κ2) is 6.17. The molecule has 0 aliphatic heterocycles. The molecule has 0 aliphatic rings. The smallest absolute Gasteiger partial charge is 0.141 e. The van der Waals surface area contributed by atoms with Gasteiger partial charge in [-0.3, -0.25) is 0 Å². The van der Waals surface area contributed by atoms with Gasteiger partial charge >= 0.3 is 0 Å². The summed E-state index contributed by atoms with van der Waals surface area (Å²) in [4.78, 5) is 0. The Labute approximate surface area is 120 Å². The molecule has 0 heterocycles. The Morgan fingerprint density at radius 2 is 1.89 bits per heavy atom. The van der Waals surface area contributed by atoms with E-state index in [1.165, 1.54) is 12.1 Å². The van der Waals surface area contributed by atoms with Crippen molar-refractivity contribution in [3.63, 3.8) is 0 Å². The fourth-order valence-corrected chi connectivity index (χ4v) is 2.14. The molecule has 1 unspecified atom stereocenters. The number of hydrogen-bond acceptors (Lipinski definition) is 2. The van der Waals surface area contributed by atoms with Crippen LogP contribution in [-0.4, -0.2) is 0 Å². The Bertz CT molecular complexity index is 557. The first-order valence-electron chi connectivity index (χ1n) is 6.08. The number of halogens is 2. The molecule has 2 N–H and O–H groups in total. The van der Waals surface area contributed by atoms with E-state index in [9.17, 15) is 4.39 Å².